The molecule has 0 fully saturated rings. The van der Waals surface area contributed by atoms with E-state index >= 15 is 0 Å². The van der Waals surface area contributed by atoms with Crippen LogP contribution in [0.3, 0.4) is 0 Å². The number of fused-ring (bicyclic) bond motifs is 2. The number of benzene rings is 2. The third-order valence-corrected chi connectivity index (χ3v) is 4.87. The molecular weight excluding hydrogens is 358 g/mol. The first-order valence-corrected chi connectivity index (χ1v) is 9.30. The maximum Gasteiger partial charge on any atom is 0.480 e. The summed E-state index contributed by atoms with van der Waals surface area (Å²) in [5.74, 6) is -0.620. The van der Waals surface area contributed by atoms with Gasteiger partial charge in [0.25, 0.3) is 0 Å². The molecule has 2 aromatic carbocycles. The Morgan fingerprint density at radius 2 is 2.04 bits per heavy atom. The number of carbonyl (C=O) groups is 3. The maximum absolute atomic E-state index is 12.2. The van der Waals surface area contributed by atoms with Gasteiger partial charge in [0.15, 0.2) is 6.54 Å². The Morgan fingerprint density at radius 1 is 1.18 bits per heavy atom. The van der Waals surface area contributed by atoms with Crippen molar-refractivity contribution in [3.8, 4) is 5.75 Å². The van der Waals surface area contributed by atoms with Crippen molar-refractivity contribution in [1.29, 1.82) is 0 Å². The Kier molecular flexibility index (Phi) is 4.97. The van der Waals surface area contributed by atoms with Crippen molar-refractivity contribution >= 4 is 17.7 Å². The second kappa shape index (κ2) is 7.72. The summed E-state index contributed by atoms with van der Waals surface area (Å²) in [7, 11) is 0. The Hall–Kier alpha value is -3.35. The number of ether oxygens (including phenoxy) is 1. The van der Waals surface area contributed by atoms with Gasteiger partial charge in [-0.25, -0.2) is 4.79 Å². The molecule has 0 atom stereocenters. The van der Waals surface area contributed by atoms with Crippen molar-refractivity contribution in [3.05, 3.63) is 64.3 Å². The van der Waals surface area contributed by atoms with Gasteiger partial charge >= 0.3 is 11.8 Å². The minimum atomic E-state index is -0.786. The molecule has 0 spiro atoms. The predicted octanol–water partition coefficient (Wildman–Crippen LogP) is -0.452. The zero-order valence-electron chi connectivity index (χ0n) is 15.3. The molecule has 0 bridgehead atoms. The van der Waals surface area contributed by atoms with Crippen molar-refractivity contribution in [2.45, 2.75) is 19.3 Å². The van der Waals surface area contributed by atoms with Crippen LogP contribution in [0.5, 0.6) is 5.75 Å². The predicted molar refractivity (Wildman–Crippen MR) is 100 cm³/mol. The molecular formula is C21H20N3O4+. The Labute approximate surface area is 161 Å². The number of hydrogen-bond acceptors (Lipinski definition) is 4. The Bertz CT molecular complexity index is 1090. The topological polar surface area (TPSA) is 87.8 Å². The van der Waals surface area contributed by atoms with Crippen LogP contribution >= 0.6 is 0 Å². The number of rotatable bonds is 6. The summed E-state index contributed by atoms with van der Waals surface area (Å²) in [6.45, 7) is 1.21. The number of hydrogen-bond donors (Lipinski definition) is 1. The minimum absolute atomic E-state index is 0.0921. The van der Waals surface area contributed by atoms with Gasteiger partial charge in [0.1, 0.15) is 11.1 Å². The summed E-state index contributed by atoms with van der Waals surface area (Å²) in [5.41, 5.74) is 2.29. The van der Waals surface area contributed by atoms with E-state index in [2.05, 4.69) is 16.4 Å². The lowest BCUT2D eigenvalue weighted by molar-refractivity contribution is -0.139. The van der Waals surface area contributed by atoms with E-state index in [0.717, 1.165) is 17.7 Å². The average molecular weight is 378 g/mol. The Balaban J connectivity index is 1.34. The fourth-order valence-corrected chi connectivity index (χ4v) is 3.44. The molecule has 0 aliphatic carbocycles. The third-order valence-electron chi connectivity index (χ3n) is 4.87. The van der Waals surface area contributed by atoms with E-state index in [0.29, 0.717) is 30.2 Å². The van der Waals surface area contributed by atoms with Gasteiger partial charge in [-0.05, 0) is 29.7 Å². The molecule has 142 valence electrons. The first kappa shape index (κ1) is 18.0. The highest BCUT2D eigenvalue weighted by atomic mass is 16.5. The lowest BCUT2D eigenvalue weighted by Crippen LogP contribution is -2.52. The summed E-state index contributed by atoms with van der Waals surface area (Å²) < 4.78 is 6.86. The number of nitrogens with one attached hydrogen (secondary N) is 1. The molecule has 2 aromatic rings. The quantitative estimate of drug-likeness (QED) is 0.545. The molecule has 7 nitrogen and oxygen atoms in total. The van der Waals surface area contributed by atoms with E-state index in [9.17, 15) is 14.4 Å². The summed E-state index contributed by atoms with van der Waals surface area (Å²) in [6.07, 6.45) is 1.91. The lowest BCUT2D eigenvalue weighted by Gasteiger charge is -2.07. The molecule has 0 aromatic heterocycles. The van der Waals surface area contributed by atoms with Crippen LogP contribution in [0, 0.1) is 0 Å². The number of para-hydroxylation sites is 2. The normalized spacial score (nSPS) is 14.8. The maximum atomic E-state index is 12.2. The average Bonchev–Trinajstić information content (AvgIpc) is 3.17. The fraction of sp³-hybridized carbons (Fsp3) is 0.286. The molecule has 28 heavy (non-hydrogen) atoms. The van der Waals surface area contributed by atoms with Crippen LogP contribution in [0.2, 0.25) is 0 Å². The van der Waals surface area contributed by atoms with Crippen molar-refractivity contribution in [3.63, 3.8) is 0 Å². The largest absolute Gasteiger partial charge is 0.493 e. The molecule has 2 heterocycles. The van der Waals surface area contributed by atoms with E-state index < -0.39 is 11.8 Å². The van der Waals surface area contributed by atoms with E-state index in [1.165, 1.54) is 10.1 Å². The third kappa shape index (κ3) is 3.69. The summed E-state index contributed by atoms with van der Waals surface area (Å²) >= 11 is 0. The Morgan fingerprint density at radius 3 is 2.93 bits per heavy atom. The molecule has 2 aliphatic heterocycles. The standard InChI is InChI=1S/C21H19N3O4/c25-19(8-6-14-5-7-18-15(13-14)9-12-28-18)22-10-11-24-17-4-2-1-3-16(17)23-20(26)21(24)27/h1-5,7,13H,6,8-12H2/p+1. The first-order valence-electron chi connectivity index (χ1n) is 9.30. The number of carbonyl (C=O) groups excluding carboxylic acids is 3. The van der Waals surface area contributed by atoms with E-state index in [-0.39, 0.29) is 19.0 Å². The molecule has 2 aliphatic rings. The molecule has 0 unspecified atom stereocenters. The van der Waals surface area contributed by atoms with Gasteiger partial charge in [0.05, 0.1) is 13.2 Å². The van der Waals surface area contributed by atoms with E-state index in [1.807, 2.05) is 12.1 Å². The monoisotopic (exact) mass is 378 g/mol. The van der Waals surface area contributed by atoms with Crippen molar-refractivity contribution in [2.75, 3.05) is 19.7 Å². The van der Waals surface area contributed by atoms with Crippen LogP contribution in [0.15, 0.2) is 47.5 Å². The molecule has 0 radical (unpaired) electrons. The summed E-state index contributed by atoms with van der Waals surface area (Å²) in [4.78, 5) is 39.8. The fourth-order valence-electron chi connectivity index (χ4n) is 3.44. The number of aryl methyl sites for hydroxylation is 1. The van der Waals surface area contributed by atoms with Gasteiger partial charge in [0.2, 0.25) is 11.3 Å². The highest BCUT2D eigenvalue weighted by molar-refractivity contribution is 6.36. The zero-order chi connectivity index (χ0) is 19.5. The lowest BCUT2D eigenvalue weighted by atomic mass is 10.0. The van der Waals surface area contributed by atoms with Crippen molar-refractivity contribution in [2.24, 2.45) is 4.99 Å². The summed E-state index contributed by atoms with van der Waals surface area (Å²) in [6, 6.07) is 13.0. The van der Waals surface area contributed by atoms with Gasteiger partial charge < -0.3 is 10.1 Å². The summed E-state index contributed by atoms with van der Waals surface area (Å²) in [5, 5.41) is 3.88. The molecule has 3 amide bonds. The van der Waals surface area contributed by atoms with Gasteiger partial charge in [-0.2, -0.15) is 4.99 Å². The van der Waals surface area contributed by atoms with Crippen LogP contribution in [-0.4, -0.2) is 37.4 Å². The van der Waals surface area contributed by atoms with Crippen LogP contribution in [0.1, 0.15) is 17.5 Å². The number of amides is 3. The van der Waals surface area contributed by atoms with Crippen LogP contribution in [0.25, 0.3) is 0 Å². The van der Waals surface area contributed by atoms with Gasteiger partial charge in [-0.3, -0.25) is 9.59 Å². The van der Waals surface area contributed by atoms with E-state index in [1.54, 1.807) is 24.3 Å². The van der Waals surface area contributed by atoms with E-state index in [4.69, 9.17) is 4.74 Å². The van der Waals surface area contributed by atoms with Crippen LogP contribution in [-0.2, 0) is 27.2 Å². The van der Waals surface area contributed by atoms with Crippen LogP contribution in [0.4, 0.5) is 0 Å². The second-order valence-electron chi connectivity index (χ2n) is 6.75. The highest BCUT2D eigenvalue weighted by Gasteiger charge is 2.30. The second-order valence-corrected chi connectivity index (χ2v) is 6.75. The molecule has 7 heteroatoms. The first-order chi connectivity index (χ1) is 13.6. The minimum Gasteiger partial charge on any atom is -0.493 e. The van der Waals surface area contributed by atoms with Crippen LogP contribution < -0.4 is 25.3 Å². The molecule has 4 rings (SSSR count). The van der Waals surface area contributed by atoms with Crippen molar-refractivity contribution < 1.29 is 19.1 Å². The smallest absolute Gasteiger partial charge is 0.480 e. The zero-order valence-corrected chi connectivity index (χ0v) is 15.3. The van der Waals surface area contributed by atoms with Gasteiger partial charge in [-0.1, -0.05) is 24.3 Å². The highest BCUT2D eigenvalue weighted by Crippen LogP contribution is 2.26. The molecule has 0 saturated carbocycles. The SMILES string of the molecule is O=C(CCc1ccc2c(c1)CCO2)NCC[N+]1=c2ccccc2=NC(=O)C1=O. The molecule has 1 N–H and O–H groups in total. The van der Waals surface area contributed by atoms with Gasteiger partial charge in [-0.15, -0.1) is 4.58 Å². The van der Waals surface area contributed by atoms with Crippen molar-refractivity contribution in [1.82, 2.24) is 9.89 Å². The van der Waals surface area contributed by atoms with Gasteiger partial charge in [0, 0.05) is 18.9 Å². The number of nitrogens with zero attached hydrogens (tertiary/aromatic N) is 2. The molecule has 0 saturated heterocycles.